The third-order valence-electron chi connectivity index (χ3n) is 4.54. The van der Waals surface area contributed by atoms with Crippen molar-refractivity contribution >= 4 is 6.34 Å². The highest BCUT2D eigenvalue weighted by Crippen LogP contribution is 2.61. The fraction of sp³-hybridized carbons (Fsp3) is 0.500. The Morgan fingerprint density at radius 1 is 1.25 bits per heavy atom. The molecule has 1 aliphatic heterocycles. The summed E-state index contributed by atoms with van der Waals surface area (Å²) in [7, 11) is 0. The summed E-state index contributed by atoms with van der Waals surface area (Å²) in [5.41, 5.74) is 3.21. The van der Waals surface area contributed by atoms with Crippen molar-refractivity contribution in [1.82, 2.24) is 5.32 Å². The van der Waals surface area contributed by atoms with Crippen LogP contribution in [0.25, 0.3) is 0 Å². The van der Waals surface area contributed by atoms with Crippen LogP contribution in [0.5, 0.6) is 0 Å². The Labute approximate surface area is 95.8 Å². The lowest BCUT2D eigenvalue weighted by Crippen LogP contribution is -2.28. The highest BCUT2D eigenvalue weighted by molar-refractivity contribution is 5.58. The second-order valence-corrected chi connectivity index (χ2v) is 5.27. The molecule has 0 bridgehead atoms. The van der Waals surface area contributed by atoms with Crippen molar-refractivity contribution < 1.29 is 0 Å². The van der Waals surface area contributed by atoms with Gasteiger partial charge in [-0.25, -0.2) is 0 Å². The maximum atomic E-state index is 4.30. The fourth-order valence-electron chi connectivity index (χ4n) is 3.77. The van der Waals surface area contributed by atoms with Crippen LogP contribution in [-0.2, 0) is 6.42 Å². The van der Waals surface area contributed by atoms with Gasteiger partial charge in [-0.05, 0) is 41.7 Å². The zero-order valence-corrected chi connectivity index (χ0v) is 9.26. The van der Waals surface area contributed by atoms with E-state index in [1.54, 1.807) is 11.1 Å². The molecule has 1 saturated carbocycles. The molecule has 2 aliphatic carbocycles. The molecular weight excluding hydrogens is 196 g/mol. The lowest BCUT2D eigenvalue weighted by molar-refractivity contribution is 0.527. The van der Waals surface area contributed by atoms with Crippen LogP contribution in [0.3, 0.4) is 0 Å². The lowest BCUT2D eigenvalue weighted by Gasteiger charge is -2.13. The molecule has 3 aliphatic rings. The summed E-state index contributed by atoms with van der Waals surface area (Å²) >= 11 is 0. The Balaban J connectivity index is 1.65. The molecule has 0 aromatic heterocycles. The van der Waals surface area contributed by atoms with Crippen LogP contribution in [0.15, 0.2) is 29.3 Å². The summed E-state index contributed by atoms with van der Waals surface area (Å²) in [4.78, 5) is 4.30. The number of aryl methyl sites for hydroxylation is 1. The molecule has 1 unspecified atom stereocenters. The summed E-state index contributed by atoms with van der Waals surface area (Å²) in [6.45, 7) is 0.986. The maximum absolute atomic E-state index is 4.30. The van der Waals surface area contributed by atoms with E-state index in [1.165, 1.54) is 12.8 Å². The molecule has 0 spiro atoms. The first-order valence-corrected chi connectivity index (χ1v) is 6.27. The molecule has 4 rings (SSSR count). The Morgan fingerprint density at radius 2 is 2.19 bits per heavy atom. The summed E-state index contributed by atoms with van der Waals surface area (Å²) in [6.07, 6.45) is 4.55. The number of rotatable bonds is 1. The van der Waals surface area contributed by atoms with Gasteiger partial charge in [-0.3, -0.25) is 4.99 Å². The van der Waals surface area contributed by atoms with Gasteiger partial charge in [0.25, 0.3) is 0 Å². The molecule has 1 heterocycles. The van der Waals surface area contributed by atoms with Crippen molar-refractivity contribution in [1.29, 1.82) is 0 Å². The van der Waals surface area contributed by atoms with E-state index in [0.717, 1.165) is 24.3 Å². The molecular formula is C14H16N2. The molecule has 1 aromatic carbocycles. The van der Waals surface area contributed by atoms with E-state index in [2.05, 4.69) is 34.6 Å². The van der Waals surface area contributed by atoms with Crippen molar-refractivity contribution in [3.05, 3.63) is 35.4 Å². The molecule has 1 fully saturated rings. The Kier molecular flexibility index (Phi) is 1.70. The van der Waals surface area contributed by atoms with E-state index >= 15 is 0 Å². The van der Waals surface area contributed by atoms with Crippen LogP contribution in [0.2, 0.25) is 0 Å². The number of hydrogen-bond donors (Lipinski definition) is 1. The van der Waals surface area contributed by atoms with Crippen molar-refractivity contribution in [3.63, 3.8) is 0 Å². The second kappa shape index (κ2) is 3.09. The number of fused-ring (bicyclic) bond motifs is 3. The van der Waals surface area contributed by atoms with Gasteiger partial charge in [0.15, 0.2) is 0 Å². The minimum absolute atomic E-state index is 0.612. The van der Waals surface area contributed by atoms with E-state index < -0.39 is 0 Å². The van der Waals surface area contributed by atoms with Gasteiger partial charge in [0.2, 0.25) is 0 Å². The molecule has 16 heavy (non-hydrogen) atoms. The van der Waals surface area contributed by atoms with Crippen LogP contribution in [0.1, 0.15) is 23.5 Å². The first kappa shape index (κ1) is 8.80. The fourth-order valence-corrected chi connectivity index (χ4v) is 3.77. The minimum atomic E-state index is 0.612. The van der Waals surface area contributed by atoms with Crippen LogP contribution in [-0.4, -0.2) is 18.9 Å². The predicted octanol–water partition coefficient (Wildman–Crippen LogP) is 1.96. The average Bonchev–Trinajstić information content (AvgIpc) is 2.83. The highest BCUT2D eigenvalue weighted by Gasteiger charge is 2.56. The predicted molar refractivity (Wildman–Crippen MR) is 64.8 cm³/mol. The Morgan fingerprint density at radius 3 is 3.06 bits per heavy atom. The van der Waals surface area contributed by atoms with Gasteiger partial charge in [0, 0.05) is 0 Å². The average molecular weight is 212 g/mol. The first-order chi connectivity index (χ1) is 7.95. The van der Waals surface area contributed by atoms with E-state index in [4.69, 9.17) is 0 Å². The summed E-state index contributed by atoms with van der Waals surface area (Å²) in [5.74, 6) is 2.59. The molecule has 1 N–H and O–H groups in total. The topological polar surface area (TPSA) is 24.4 Å². The molecule has 1 aromatic rings. The first-order valence-electron chi connectivity index (χ1n) is 6.27. The van der Waals surface area contributed by atoms with E-state index in [-0.39, 0.29) is 0 Å². The Bertz CT molecular complexity index is 444. The third kappa shape index (κ3) is 1.10. The minimum Gasteiger partial charge on any atom is -0.372 e. The van der Waals surface area contributed by atoms with Crippen molar-refractivity contribution in [3.8, 4) is 0 Å². The number of nitrogens with one attached hydrogen (secondary N) is 1. The highest BCUT2D eigenvalue weighted by atomic mass is 15.1. The van der Waals surface area contributed by atoms with E-state index in [0.29, 0.717) is 6.04 Å². The standard InChI is InChI=1S/C14H16N2/c1-2-4-10-9(3-1)5-6-11-13(10)14(11)12-7-15-8-16-12/h1-4,8,11-14H,5-7H2,(H,15,16)/t11-,12?,13+,14-/m0/s1. The van der Waals surface area contributed by atoms with Gasteiger partial charge in [-0.1, -0.05) is 24.3 Å². The van der Waals surface area contributed by atoms with Crippen molar-refractivity contribution in [2.24, 2.45) is 16.8 Å². The van der Waals surface area contributed by atoms with E-state index in [9.17, 15) is 0 Å². The largest absolute Gasteiger partial charge is 0.372 e. The number of benzene rings is 1. The van der Waals surface area contributed by atoms with Crippen LogP contribution >= 0.6 is 0 Å². The number of nitrogens with zero attached hydrogens (tertiary/aromatic N) is 1. The Hall–Kier alpha value is -1.31. The lowest BCUT2D eigenvalue weighted by atomic mass is 9.92. The van der Waals surface area contributed by atoms with Gasteiger partial charge < -0.3 is 5.32 Å². The van der Waals surface area contributed by atoms with Gasteiger partial charge >= 0.3 is 0 Å². The van der Waals surface area contributed by atoms with Gasteiger partial charge in [-0.2, -0.15) is 0 Å². The van der Waals surface area contributed by atoms with Gasteiger partial charge in [0.05, 0.1) is 18.9 Å². The smallest absolute Gasteiger partial charge is 0.0827 e. The third-order valence-corrected chi connectivity index (χ3v) is 4.54. The van der Waals surface area contributed by atoms with Gasteiger partial charge in [0.1, 0.15) is 0 Å². The monoisotopic (exact) mass is 212 g/mol. The molecule has 2 heteroatoms. The second-order valence-electron chi connectivity index (χ2n) is 5.27. The number of hydrogen-bond acceptors (Lipinski definition) is 2. The zero-order valence-electron chi connectivity index (χ0n) is 9.26. The van der Waals surface area contributed by atoms with Crippen molar-refractivity contribution in [2.75, 3.05) is 6.54 Å². The van der Waals surface area contributed by atoms with E-state index in [1.807, 2.05) is 6.34 Å². The molecule has 0 saturated heterocycles. The molecule has 2 nitrogen and oxygen atoms in total. The zero-order chi connectivity index (χ0) is 10.5. The summed E-state index contributed by atoms with van der Waals surface area (Å²) in [6, 6.07) is 9.62. The summed E-state index contributed by atoms with van der Waals surface area (Å²) in [5, 5.41) is 3.41. The van der Waals surface area contributed by atoms with Crippen LogP contribution in [0, 0.1) is 11.8 Å². The SMILES string of the molecule is C1=NCC([C@@H]2[C@H]3CCc4ccccc4[C@H]32)N1. The van der Waals surface area contributed by atoms with Crippen molar-refractivity contribution in [2.45, 2.75) is 24.8 Å². The maximum Gasteiger partial charge on any atom is 0.0827 e. The molecule has 82 valence electrons. The molecule has 4 atom stereocenters. The van der Waals surface area contributed by atoms with Crippen LogP contribution < -0.4 is 5.32 Å². The summed E-state index contributed by atoms with van der Waals surface area (Å²) < 4.78 is 0. The van der Waals surface area contributed by atoms with Gasteiger partial charge in [-0.15, -0.1) is 0 Å². The number of aliphatic imine (C=N–C) groups is 1. The molecule has 0 amide bonds. The molecule has 0 radical (unpaired) electrons. The quantitative estimate of drug-likeness (QED) is 0.756. The normalized spacial score (nSPS) is 38.8. The van der Waals surface area contributed by atoms with Crippen LogP contribution in [0.4, 0.5) is 0 Å².